The quantitative estimate of drug-likeness (QED) is 0.0571. The first kappa shape index (κ1) is 46.7. The lowest BCUT2D eigenvalue weighted by Gasteiger charge is -2.12. The number of carbonyl (C=O) groups excluding carboxylic acids is 2. The number of nitrogen functional groups attached to an aromatic ring is 1. The van der Waals surface area contributed by atoms with Crippen LogP contribution in [0.1, 0.15) is 52.3 Å². The number of anilines is 2. The molecule has 0 aliphatic rings. The number of nitrogens with zero attached hydrogens (tertiary/aromatic N) is 1. The van der Waals surface area contributed by atoms with E-state index in [0.29, 0.717) is 39.2 Å². The maximum atomic E-state index is 12.7. The zero-order valence-electron chi connectivity index (χ0n) is 28.7. The average molecular weight is 810 g/mol. The third-order valence-electron chi connectivity index (χ3n) is 7.71. The van der Waals surface area contributed by atoms with Crippen LogP contribution >= 0.6 is 11.6 Å². The van der Waals surface area contributed by atoms with Crippen LogP contribution in [0.2, 0.25) is 0 Å². The number of rotatable bonds is 6. The minimum Gasteiger partial charge on any atom is -0.399 e. The normalized spacial score (nSPS) is 10.5. The summed E-state index contributed by atoms with van der Waals surface area (Å²) < 4.78 is 75.6. The Bertz CT molecular complexity index is 2280. The Labute approximate surface area is 330 Å². The summed E-state index contributed by atoms with van der Waals surface area (Å²) in [7, 11) is 0. The highest BCUT2D eigenvalue weighted by Crippen LogP contribution is 2.33. The van der Waals surface area contributed by atoms with Crippen LogP contribution in [0.4, 0.5) is 43.4 Å². The van der Waals surface area contributed by atoms with Gasteiger partial charge in [-0.1, -0.05) is 93.7 Å². The van der Waals surface area contributed by atoms with Gasteiger partial charge in [-0.25, -0.2) is 0 Å². The van der Waals surface area contributed by atoms with Crippen molar-refractivity contribution in [3.05, 3.63) is 184 Å². The average Bonchev–Trinajstić information content (AvgIpc) is 3.15. The molecule has 0 unspecified atom stereocenters. The molecule has 0 radical (unpaired) electrons. The Morgan fingerprint density at radius 3 is 1.51 bits per heavy atom. The summed E-state index contributed by atoms with van der Waals surface area (Å²) >= 11 is 5.44. The van der Waals surface area contributed by atoms with E-state index in [2.05, 4.69) is 5.32 Å². The number of nitrogens with two attached hydrogens (primary N) is 1. The number of nitrogens with one attached hydrogen (secondary N) is 1. The van der Waals surface area contributed by atoms with E-state index in [1.807, 2.05) is 25.1 Å². The monoisotopic (exact) mass is 809 g/mol. The topological polar surface area (TPSA) is 115 Å². The van der Waals surface area contributed by atoms with Crippen LogP contribution < -0.4 is 11.1 Å². The summed E-state index contributed by atoms with van der Waals surface area (Å²) in [5.41, 5.74) is 8.77. The standard InChI is InChI=1S/C21H16F3NO.C14H8ClF3O.C6H6N2O2.2CH4/c1-14-5-4-6-17(13-14)25-20(26)19-8-3-2-7-18(19)15-9-11-16(12-10-15)21(22,23)24;15-13(19)12-4-2-1-3-11(12)9-5-7-10(8-6-9)14(16,17)18;7-5-2-1-3-6(4-5)8(9)10;;/h2-13H,1H3,(H,25,26);1-8H;1-4H,7H2;2*1H4. The molecule has 6 aromatic rings. The van der Waals surface area contributed by atoms with E-state index < -0.39 is 33.6 Å². The number of nitro groups is 1. The fourth-order valence-corrected chi connectivity index (χ4v) is 5.24. The molecular formula is C43H38ClF6N3O4. The Kier molecular flexibility index (Phi) is 16.7. The van der Waals surface area contributed by atoms with Crippen molar-refractivity contribution in [1.82, 2.24) is 0 Å². The van der Waals surface area contributed by atoms with Crippen molar-refractivity contribution in [3.8, 4) is 22.3 Å². The maximum Gasteiger partial charge on any atom is 0.416 e. The molecule has 6 rings (SSSR count). The molecular weight excluding hydrogens is 772 g/mol. The van der Waals surface area contributed by atoms with Gasteiger partial charge in [0.25, 0.3) is 16.8 Å². The molecule has 0 atom stereocenters. The Morgan fingerprint density at radius 1 is 0.632 bits per heavy atom. The van der Waals surface area contributed by atoms with E-state index in [1.54, 1.807) is 60.7 Å². The number of hydrogen-bond donors (Lipinski definition) is 2. The van der Waals surface area contributed by atoms with Crippen LogP contribution in [-0.4, -0.2) is 16.1 Å². The zero-order valence-corrected chi connectivity index (χ0v) is 29.4. The van der Waals surface area contributed by atoms with Gasteiger partial charge in [-0.15, -0.1) is 0 Å². The van der Waals surface area contributed by atoms with E-state index in [4.69, 9.17) is 17.3 Å². The highest BCUT2D eigenvalue weighted by molar-refractivity contribution is 6.68. The SMILES string of the molecule is C.C.Cc1cccc(NC(=O)c2ccccc2-c2ccc(C(F)(F)F)cc2)c1.Nc1cccc([N+](=O)[O-])c1.O=C(Cl)c1ccccc1-c1ccc(C(F)(F)F)cc1. The smallest absolute Gasteiger partial charge is 0.399 e. The van der Waals surface area contributed by atoms with Crippen molar-refractivity contribution >= 4 is 39.8 Å². The molecule has 6 aromatic carbocycles. The highest BCUT2D eigenvalue weighted by atomic mass is 35.5. The van der Waals surface area contributed by atoms with Crippen LogP contribution in [0.15, 0.2) is 146 Å². The number of hydrogen-bond acceptors (Lipinski definition) is 5. The van der Waals surface area contributed by atoms with Gasteiger partial charge in [0.05, 0.1) is 16.1 Å². The van der Waals surface area contributed by atoms with Crippen molar-refractivity contribution < 1.29 is 40.9 Å². The number of benzene rings is 6. The zero-order chi connectivity index (χ0) is 40.3. The Hall–Kier alpha value is -6.47. The number of amides is 1. The number of carbonyl (C=O) groups is 2. The van der Waals surface area contributed by atoms with Gasteiger partial charge in [0.1, 0.15) is 0 Å². The van der Waals surface area contributed by atoms with Crippen LogP contribution in [0, 0.1) is 17.0 Å². The molecule has 0 aliphatic carbocycles. The van der Waals surface area contributed by atoms with Crippen LogP contribution in [0.3, 0.4) is 0 Å². The van der Waals surface area contributed by atoms with Gasteiger partial charge < -0.3 is 11.1 Å². The van der Waals surface area contributed by atoms with Gasteiger partial charge >= 0.3 is 12.4 Å². The molecule has 0 heterocycles. The summed E-state index contributed by atoms with van der Waals surface area (Å²) in [5.74, 6) is -0.314. The van der Waals surface area contributed by atoms with E-state index in [0.717, 1.165) is 29.8 Å². The summed E-state index contributed by atoms with van der Waals surface area (Å²) in [4.78, 5) is 33.5. The number of non-ortho nitro benzene ring substituents is 1. The largest absolute Gasteiger partial charge is 0.416 e. The lowest BCUT2D eigenvalue weighted by atomic mass is 9.98. The molecule has 1 amide bonds. The van der Waals surface area contributed by atoms with E-state index in [-0.39, 0.29) is 32.0 Å². The molecule has 0 saturated heterocycles. The minimum atomic E-state index is -4.39. The lowest BCUT2D eigenvalue weighted by molar-refractivity contribution is -0.384. The third-order valence-corrected chi connectivity index (χ3v) is 7.92. The van der Waals surface area contributed by atoms with E-state index >= 15 is 0 Å². The first-order chi connectivity index (χ1) is 25.9. The van der Waals surface area contributed by atoms with Gasteiger partial charge in [-0.2, -0.15) is 26.3 Å². The molecule has 0 bridgehead atoms. The maximum absolute atomic E-state index is 12.7. The molecule has 0 aliphatic heterocycles. The first-order valence-electron chi connectivity index (χ1n) is 16.0. The van der Waals surface area contributed by atoms with Crippen molar-refractivity contribution in [2.75, 3.05) is 11.1 Å². The van der Waals surface area contributed by atoms with Gasteiger partial charge in [0.2, 0.25) is 0 Å². The van der Waals surface area contributed by atoms with Crippen molar-refractivity contribution in [2.45, 2.75) is 34.1 Å². The number of halogens is 7. The Balaban J connectivity index is 0.000000318. The lowest BCUT2D eigenvalue weighted by Crippen LogP contribution is -2.13. The van der Waals surface area contributed by atoms with Crippen molar-refractivity contribution in [2.24, 2.45) is 0 Å². The van der Waals surface area contributed by atoms with E-state index in [1.165, 1.54) is 42.5 Å². The van der Waals surface area contributed by atoms with Gasteiger partial charge in [-0.05, 0) is 101 Å². The molecule has 298 valence electrons. The predicted molar refractivity (Wildman–Crippen MR) is 214 cm³/mol. The molecule has 14 heteroatoms. The summed E-state index contributed by atoms with van der Waals surface area (Å²) in [6, 6.07) is 36.0. The second kappa shape index (κ2) is 20.4. The van der Waals surface area contributed by atoms with Crippen molar-refractivity contribution in [3.63, 3.8) is 0 Å². The molecule has 3 N–H and O–H groups in total. The van der Waals surface area contributed by atoms with Crippen LogP contribution in [-0.2, 0) is 12.4 Å². The molecule has 7 nitrogen and oxygen atoms in total. The number of aryl methyl sites for hydroxylation is 1. The summed E-state index contributed by atoms with van der Waals surface area (Å²) in [6.07, 6.45) is -8.76. The number of alkyl halides is 6. The highest BCUT2D eigenvalue weighted by Gasteiger charge is 2.31. The Morgan fingerprint density at radius 2 is 1.09 bits per heavy atom. The van der Waals surface area contributed by atoms with E-state index in [9.17, 15) is 46.0 Å². The first-order valence-corrected chi connectivity index (χ1v) is 16.4. The predicted octanol–water partition coefficient (Wildman–Crippen LogP) is 13.1. The molecule has 0 saturated carbocycles. The minimum absolute atomic E-state index is 0. The van der Waals surface area contributed by atoms with Crippen LogP contribution in [0.5, 0.6) is 0 Å². The fourth-order valence-electron chi connectivity index (χ4n) is 5.08. The molecule has 0 aromatic heterocycles. The molecule has 0 spiro atoms. The second-order valence-electron chi connectivity index (χ2n) is 11.7. The second-order valence-corrected chi connectivity index (χ2v) is 12.0. The van der Waals surface area contributed by atoms with Gasteiger partial charge in [0, 0.05) is 34.6 Å². The summed E-state index contributed by atoms with van der Waals surface area (Å²) in [5, 5.41) is 12.3. The third kappa shape index (κ3) is 13.4. The molecule has 57 heavy (non-hydrogen) atoms. The summed E-state index contributed by atoms with van der Waals surface area (Å²) in [6.45, 7) is 1.92. The number of nitro benzene ring substituents is 1. The van der Waals surface area contributed by atoms with Crippen LogP contribution in [0.25, 0.3) is 22.3 Å². The van der Waals surface area contributed by atoms with Gasteiger partial charge in [-0.3, -0.25) is 19.7 Å². The fraction of sp³-hybridized carbons (Fsp3) is 0.116. The molecule has 0 fully saturated rings. The van der Waals surface area contributed by atoms with Gasteiger partial charge in [0.15, 0.2) is 0 Å². The van der Waals surface area contributed by atoms with Crippen molar-refractivity contribution in [1.29, 1.82) is 0 Å².